The first-order valence-electron chi connectivity index (χ1n) is 8.32. The van der Waals surface area contributed by atoms with Gasteiger partial charge in [0.2, 0.25) is 0 Å². The molecule has 3 nitrogen and oxygen atoms in total. The number of terminal acetylenes is 1. The Morgan fingerprint density at radius 2 is 1.33 bits per heavy atom. The molecule has 27 heavy (non-hydrogen) atoms. The van der Waals surface area contributed by atoms with Crippen LogP contribution < -0.4 is 0 Å². The van der Waals surface area contributed by atoms with Gasteiger partial charge in [-0.25, -0.2) is 15.0 Å². The molecule has 3 aromatic rings. The lowest BCUT2D eigenvalue weighted by Gasteiger charge is -2.08. The number of halogens is 1. The summed E-state index contributed by atoms with van der Waals surface area (Å²) in [4.78, 5) is 13.9. The Labute approximate surface area is 169 Å². The number of nitrogens with zero attached hydrogens (tertiary/aromatic N) is 3. The highest BCUT2D eigenvalue weighted by Gasteiger charge is 2.10. The zero-order chi connectivity index (χ0) is 19.5. The zero-order valence-corrected chi connectivity index (χ0v) is 16.9. The van der Waals surface area contributed by atoms with Crippen molar-refractivity contribution in [3.05, 3.63) is 84.7 Å². The SMILES string of the molecule is C#C/C=C\C=C(/C)c1nc(-c2ccccc2)nc(-c2ccccc2)n1.CBr. The topological polar surface area (TPSA) is 38.7 Å². The predicted molar refractivity (Wildman–Crippen MR) is 117 cm³/mol. The van der Waals surface area contributed by atoms with Crippen molar-refractivity contribution in [1.29, 1.82) is 0 Å². The van der Waals surface area contributed by atoms with Crippen molar-refractivity contribution in [3.8, 4) is 35.1 Å². The standard InChI is InChI=1S/C22H17N3.CH3Br/c1-3-4-7-12-17(2)20-23-21(18-13-8-5-9-14-18)25-22(24-20)19-15-10-6-11-16-19;1-2/h1,4-16H,2H3;1H3/b7-4-,17-12+;. The van der Waals surface area contributed by atoms with E-state index in [2.05, 4.69) is 36.8 Å². The summed E-state index contributed by atoms with van der Waals surface area (Å²) in [6, 6.07) is 19.8. The van der Waals surface area contributed by atoms with Crippen molar-refractivity contribution in [2.75, 3.05) is 5.83 Å². The van der Waals surface area contributed by atoms with E-state index in [9.17, 15) is 0 Å². The molecule has 0 bridgehead atoms. The lowest BCUT2D eigenvalue weighted by Crippen LogP contribution is -2.01. The molecule has 3 rings (SSSR count). The third kappa shape index (κ3) is 5.73. The Morgan fingerprint density at radius 1 is 0.852 bits per heavy atom. The molecule has 0 atom stereocenters. The van der Waals surface area contributed by atoms with Gasteiger partial charge in [-0.15, -0.1) is 6.42 Å². The van der Waals surface area contributed by atoms with Crippen LogP contribution in [0.4, 0.5) is 0 Å². The fourth-order valence-electron chi connectivity index (χ4n) is 2.31. The molecular weight excluding hydrogens is 398 g/mol. The quantitative estimate of drug-likeness (QED) is 0.305. The molecule has 2 aromatic carbocycles. The highest BCUT2D eigenvalue weighted by Crippen LogP contribution is 2.22. The normalized spacial score (nSPS) is 10.8. The molecule has 0 amide bonds. The Balaban J connectivity index is 0.00000126. The lowest BCUT2D eigenvalue weighted by atomic mass is 10.1. The molecule has 0 N–H and O–H groups in total. The van der Waals surface area contributed by atoms with Gasteiger partial charge >= 0.3 is 0 Å². The molecule has 0 aliphatic carbocycles. The number of hydrogen-bond donors (Lipinski definition) is 0. The molecule has 0 saturated carbocycles. The second kappa shape index (κ2) is 10.8. The molecule has 1 aromatic heterocycles. The fraction of sp³-hybridized carbons (Fsp3) is 0.0870. The highest BCUT2D eigenvalue weighted by atomic mass is 79.9. The Hall–Kier alpha value is -3.03. The molecule has 0 aliphatic rings. The summed E-state index contributed by atoms with van der Waals surface area (Å²) in [6.07, 6.45) is 10.6. The lowest BCUT2D eigenvalue weighted by molar-refractivity contribution is 1.03. The first kappa shape index (κ1) is 20.3. The maximum absolute atomic E-state index is 5.25. The minimum Gasteiger partial charge on any atom is -0.209 e. The largest absolute Gasteiger partial charge is 0.209 e. The third-order valence-electron chi connectivity index (χ3n) is 3.59. The zero-order valence-electron chi connectivity index (χ0n) is 15.3. The second-order valence-corrected chi connectivity index (χ2v) is 5.41. The van der Waals surface area contributed by atoms with Crippen LogP contribution in [0.2, 0.25) is 0 Å². The molecule has 0 saturated heterocycles. The van der Waals surface area contributed by atoms with Crippen LogP contribution in [-0.4, -0.2) is 20.8 Å². The minimum atomic E-state index is 0.634. The monoisotopic (exact) mass is 417 g/mol. The maximum Gasteiger partial charge on any atom is 0.164 e. The van der Waals surface area contributed by atoms with Crippen LogP contribution in [0.5, 0.6) is 0 Å². The molecular formula is C23H20BrN3. The van der Waals surface area contributed by atoms with Crippen molar-refractivity contribution < 1.29 is 0 Å². The van der Waals surface area contributed by atoms with Gasteiger partial charge in [-0.3, -0.25) is 0 Å². The molecule has 4 heteroatoms. The maximum atomic E-state index is 5.25. The summed E-state index contributed by atoms with van der Waals surface area (Å²) in [6.45, 7) is 1.96. The van der Waals surface area contributed by atoms with Crippen LogP contribution in [0.1, 0.15) is 12.7 Å². The van der Waals surface area contributed by atoms with Crippen molar-refractivity contribution in [2.24, 2.45) is 0 Å². The molecule has 0 spiro atoms. The Kier molecular flexibility index (Phi) is 8.15. The summed E-state index contributed by atoms with van der Waals surface area (Å²) in [5.74, 6) is 6.22. The van der Waals surface area contributed by atoms with E-state index < -0.39 is 0 Å². The molecule has 0 unspecified atom stereocenters. The molecule has 0 fully saturated rings. The van der Waals surface area contributed by atoms with E-state index in [4.69, 9.17) is 6.42 Å². The average Bonchev–Trinajstić information content (AvgIpc) is 2.76. The van der Waals surface area contributed by atoms with E-state index in [0.717, 1.165) is 16.7 Å². The van der Waals surface area contributed by atoms with Crippen molar-refractivity contribution in [2.45, 2.75) is 6.92 Å². The van der Waals surface area contributed by atoms with Gasteiger partial charge in [0.05, 0.1) is 0 Å². The van der Waals surface area contributed by atoms with E-state index in [0.29, 0.717) is 17.5 Å². The van der Waals surface area contributed by atoms with Crippen LogP contribution in [-0.2, 0) is 0 Å². The molecule has 1 heterocycles. The number of allylic oxidation sites excluding steroid dienone is 4. The van der Waals surface area contributed by atoms with Crippen LogP contribution in [0, 0.1) is 12.3 Å². The van der Waals surface area contributed by atoms with E-state index in [1.54, 1.807) is 6.08 Å². The highest BCUT2D eigenvalue weighted by molar-refractivity contribution is 9.08. The Bertz CT molecular complexity index is 898. The number of rotatable bonds is 4. The second-order valence-electron chi connectivity index (χ2n) is 5.41. The molecule has 134 valence electrons. The van der Waals surface area contributed by atoms with Crippen LogP contribution in [0.15, 0.2) is 78.9 Å². The van der Waals surface area contributed by atoms with Crippen molar-refractivity contribution >= 4 is 21.5 Å². The van der Waals surface area contributed by atoms with Crippen LogP contribution in [0.3, 0.4) is 0 Å². The van der Waals surface area contributed by atoms with Gasteiger partial charge in [0.15, 0.2) is 17.5 Å². The summed E-state index contributed by atoms with van der Waals surface area (Å²) >= 11 is 2.94. The summed E-state index contributed by atoms with van der Waals surface area (Å²) in [5, 5.41) is 0. The van der Waals surface area contributed by atoms with Crippen molar-refractivity contribution in [3.63, 3.8) is 0 Å². The van der Waals surface area contributed by atoms with E-state index >= 15 is 0 Å². The van der Waals surface area contributed by atoms with E-state index in [-0.39, 0.29) is 0 Å². The van der Waals surface area contributed by atoms with Gasteiger partial charge in [0.25, 0.3) is 0 Å². The number of alkyl halides is 1. The van der Waals surface area contributed by atoms with Gasteiger partial charge < -0.3 is 0 Å². The summed E-state index contributed by atoms with van der Waals surface area (Å²) in [7, 11) is 0. The predicted octanol–water partition coefficient (Wildman–Crippen LogP) is 5.81. The minimum absolute atomic E-state index is 0.634. The van der Waals surface area contributed by atoms with E-state index in [1.807, 2.05) is 85.6 Å². The smallest absolute Gasteiger partial charge is 0.164 e. The van der Waals surface area contributed by atoms with Gasteiger partial charge in [-0.1, -0.05) is 94.7 Å². The number of benzene rings is 2. The third-order valence-corrected chi connectivity index (χ3v) is 3.59. The van der Waals surface area contributed by atoms with Gasteiger partial charge in [-0.2, -0.15) is 0 Å². The van der Waals surface area contributed by atoms with Gasteiger partial charge in [0, 0.05) is 11.1 Å². The number of aromatic nitrogens is 3. The molecule has 0 aliphatic heterocycles. The van der Waals surface area contributed by atoms with Gasteiger partial charge in [0.1, 0.15) is 0 Å². The van der Waals surface area contributed by atoms with Crippen LogP contribution in [0.25, 0.3) is 28.3 Å². The first-order valence-corrected chi connectivity index (χ1v) is 9.91. The fourth-order valence-corrected chi connectivity index (χ4v) is 2.31. The number of hydrogen-bond acceptors (Lipinski definition) is 3. The van der Waals surface area contributed by atoms with Crippen LogP contribution >= 0.6 is 15.9 Å². The van der Waals surface area contributed by atoms with E-state index in [1.165, 1.54) is 0 Å². The first-order chi connectivity index (χ1) is 13.3. The Morgan fingerprint density at radius 3 is 1.78 bits per heavy atom. The summed E-state index contributed by atoms with van der Waals surface area (Å²) in [5.41, 5.74) is 2.83. The van der Waals surface area contributed by atoms with Gasteiger partial charge in [-0.05, 0) is 24.4 Å². The molecule has 0 radical (unpaired) electrons. The average molecular weight is 418 g/mol. The van der Waals surface area contributed by atoms with Crippen molar-refractivity contribution in [1.82, 2.24) is 15.0 Å². The summed E-state index contributed by atoms with van der Waals surface area (Å²) < 4.78 is 0.